The average molecular weight is 333 g/mol. The van der Waals surface area contributed by atoms with E-state index in [9.17, 15) is 4.79 Å². The average Bonchev–Trinajstić information content (AvgIpc) is 2.49. The smallest absolute Gasteiger partial charge is 0.246 e. The van der Waals surface area contributed by atoms with E-state index in [-0.39, 0.29) is 0 Å². The van der Waals surface area contributed by atoms with Crippen molar-refractivity contribution in [3.8, 4) is 0 Å². The van der Waals surface area contributed by atoms with E-state index in [2.05, 4.69) is 20.8 Å². The van der Waals surface area contributed by atoms with Gasteiger partial charge in [0, 0.05) is 11.0 Å². The molecule has 3 heteroatoms. The Morgan fingerprint density at radius 2 is 1.29 bits per heavy atom. The zero-order valence-corrected chi connectivity index (χ0v) is 16.1. The van der Waals surface area contributed by atoms with Crippen LogP contribution in [-0.4, -0.2) is 15.5 Å². The third-order valence-electron chi connectivity index (χ3n) is 3.74. The second kappa shape index (κ2) is 16.7. The molecule has 0 aliphatic heterocycles. The number of carbonyl (C=O) groups excluding carboxylic acids is 1. The molecule has 0 spiro atoms. The van der Waals surface area contributed by atoms with Gasteiger partial charge in [0.25, 0.3) is 0 Å². The van der Waals surface area contributed by atoms with Crippen LogP contribution < -0.4 is 0 Å². The maximum absolute atomic E-state index is 12.0. The molecule has 0 N–H and O–H groups in total. The van der Waals surface area contributed by atoms with Crippen molar-refractivity contribution < 1.29 is 4.79 Å². The monoisotopic (exact) mass is 332 g/mol. The maximum atomic E-state index is 12.0. The molecule has 0 saturated heterocycles. The minimum Gasteiger partial charge on any atom is -0.274 e. The molecule has 0 aromatic carbocycles. The summed E-state index contributed by atoms with van der Waals surface area (Å²) in [4.78, 5) is 12.0. The molecule has 21 heavy (non-hydrogen) atoms. The van der Waals surface area contributed by atoms with Gasteiger partial charge in [-0.05, 0) is 19.3 Å². The highest BCUT2D eigenvalue weighted by Crippen LogP contribution is 2.29. The fourth-order valence-corrected chi connectivity index (χ4v) is 4.62. The molecule has 0 saturated carbocycles. The second-order valence-electron chi connectivity index (χ2n) is 5.89. The first kappa shape index (κ1) is 21.4. The molecule has 126 valence electrons. The zero-order chi connectivity index (χ0) is 15.8. The molecule has 0 unspecified atom stereocenters. The summed E-state index contributed by atoms with van der Waals surface area (Å²) in [6.07, 6.45) is 15.3. The Bertz CT molecular complexity index is 223. The van der Waals surface area contributed by atoms with Crippen LogP contribution in [0.1, 0.15) is 97.8 Å². The van der Waals surface area contributed by atoms with Crippen LogP contribution in [0.25, 0.3) is 0 Å². The molecule has 0 aromatic rings. The van der Waals surface area contributed by atoms with Gasteiger partial charge in [0.2, 0.25) is 4.45 Å². The Kier molecular flexibility index (Phi) is 17.0. The molecule has 0 amide bonds. The Morgan fingerprint density at radius 1 is 0.762 bits per heavy atom. The minimum absolute atomic E-state index is 0.362. The molecule has 0 fully saturated rings. The van der Waals surface area contributed by atoms with Crippen LogP contribution >= 0.6 is 23.5 Å². The van der Waals surface area contributed by atoms with Crippen LogP contribution in [0.3, 0.4) is 0 Å². The lowest BCUT2D eigenvalue weighted by Gasteiger charge is -2.14. The summed E-state index contributed by atoms with van der Waals surface area (Å²) in [5.74, 6) is 1.02. The van der Waals surface area contributed by atoms with Crippen LogP contribution in [0.5, 0.6) is 0 Å². The molecule has 0 radical (unpaired) electrons. The molecule has 1 nitrogen and oxygen atoms in total. The van der Waals surface area contributed by atoms with Crippen molar-refractivity contribution in [1.82, 2.24) is 0 Å². The Morgan fingerprint density at radius 3 is 1.86 bits per heavy atom. The Labute approximate surface area is 141 Å². The van der Waals surface area contributed by atoms with Gasteiger partial charge in [-0.1, -0.05) is 102 Å². The van der Waals surface area contributed by atoms with Gasteiger partial charge in [0.1, 0.15) is 0 Å². The van der Waals surface area contributed by atoms with Gasteiger partial charge in [-0.25, -0.2) is 0 Å². The molecule has 0 atom stereocenters. The van der Waals surface area contributed by atoms with E-state index >= 15 is 0 Å². The normalized spacial score (nSPS) is 11.2. The van der Waals surface area contributed by atoms with Crippen molar-refractivity contribution in [1.29, 1.82) is 0 Å². The largest absolute Gasteiger partial charge is 0.274 e. The molecule has 0 aliphatic rings. The summed E-state index contributed by atoms with van der Waals surface area (Å²) in [6.45, 7) is 6.71. The highest BCUT2D eigenvalue weighted by Gasteiger charge is 2.14. The highest BCUT2D eigenvalue weighted by atomic mass is 32.2. The van der Waals surface area contributed by atoms with E-state index < -0.39 is 0 Å². The van der Waals surface area contributed by atoms with Gasteiger partial charge < -0.3 is 0 Å². The van der Waals surface area contributed by atoms with Gasteiger partial charge in [-0.15, -0.1) is 0 Å². The van der Waals surface area contributed by atoms with Crippen molar-refractivity contribution in [2.24, 2.45) is 0 Å². The SMILES string of the molecule is CCCCCCCCSC(=O)SC(CCCC)CCCC. The number of hydrogen-bond acceptors (Lipinski definition) is 3. The summed E-state index contributed by atoms with van der Waals surface area (Å²) in [5, 5.41) is 0.564. The fourth-order valence-electron chi connectivity index (χ4n) is 2.33. The first-order valence-electron chi connectivity index (χ1n) is 9.07. The van der Waals surface area contributed by atoms with Gasteiger partial charge in [0.15, 0.2) is 0 Å². The van der Waals surface area contributed by atoms with E-state index in [1.807, 2.05) is 0 Å². The molecule has 0 aromatic heterocycles. The van der Waals surface area contributed by atoms with Crippen molar-refractivity contribution in [3.05, 3.63) is 0 Å². The molecular weight excluding hydrogens is 296 g/mol. The minimum atomic E-state index is 0.362. The van der Waals surface area contributed by atoms with Crippen LogP contribution in [0.15, 0.2) is 0 Å². The lowest BCUT2D eigenvalue weighted by atomic mass is 10.1. The van der Waals surface area contributed by atoms with E-state index in [1.165, 1.54) is 77.0 Å². The third-order valence-corrected chi connectivity index (χ3v) is 6.11. The number of thioether (sulfide) groups is 2. The topological polar surface area (TPSA) is 17.1 Å². The standard InChI is InChI=1S/C18H36OS2/c1-4-7-10-11-12-13-16-20-18(19)21-17(14-8-5-2)15-9-6-3/h17H,4-16H2,1-3H3. The summed E-state index contributed by atoms with van der Waals surface area (Å²) < 4.78 is 0.362. The molecule has 0 aliphatic carbocycles. The van der Waals surface area contributed by atoms with Crippen LogP contribution in [-0.2, 0) is 0 Å². The number of hydrogen-bond donors (Lipinski definition) is 0. The predicted octanol–water partition coefficient (Wildman–Crippen LogP) is 7.68. The lowest BCUT2D eigenvalue weighted by molar-refractivity contribution is 0.276. The van der Waals surface area contributed by atoms with Gasteiger partial charge in [-0.3, -0.25) is 4.79 Å². The van der Waals surface area contributed by atoms with E-state index in [4.69, 9.17) is 0 Å². The molecule has 0 rings (SSSR count). The van der Waals surface area contributed by atoms with Crippen LogP contribution in [0.2, 0.25) is 0 Å². The van der Waals surface area contributed by atoms with Crippen LogP contribution in [0, 0.1) is 0 Å². The van der Waals surface area contributed by atoms with Crippen LogP contribution in [0.4, 0.5) is 4.79 Å². The second-order valence-corrected chi connectivity index (χ2v) is 8.49. The molecule has 0 heterocycles. The Hall–Kier alpha value is 0.370. The van der Waals surface area contributed by atoms with Crippen molar-refractivity contribution in [2.75, 3.05) is 5.75 Å². The van der Waals surface area contributed by atoms with E-state index in [1.54, 1.807) is 23.5 Å². The summed E-state index contributed by atoms with van der Waals surface area (Å²) in [7, 11) is 0. The fraction of sp³-hybridized carbons (Fsp3) is 0.944. The van der Waals surface area contributed by atoms with Crippen molar-refractivity contribution in [2.45, 2.75) is 103 Å². The summed E-state index contributed by atoms with van der Waals surface area (Å²) in [6, 6.07) is 0. The predicted molar refractivity (Wildman–Crippen MR) is 102 cm³/mol. The van der Waals surface area contributed by atoms with E-state index in [0.29, 0.717) is 9.70 Å². The maximum Gasteiger partial charge on any atom is 0.246 e. The van der Waals surface area contributed by atoms with E-state index in [0.717, 1.165) is 5.75 Å². The molecule has 0 bridgehead atoms. The summed E-state index contributed by atoms with van der Waals surface area (Å²) in [5.41, 5.74) is 0. The summed E-state index contributed by atoms with van der Waals surface area (Å²) >= 11 is 3.18. The van der Waals surface area contributed by atoms with Gasteiger partial charge >= 0.3 is 0 Å². The van der Waals surface area contributed by atoms with Gasteiger partial charge in [-0.2, -0.15) is 0 Å². The number of carbonyl (C=O) groups is 1. The first-order valence-corrected chi connectivity index (χ1v) is 10.9. The van der Waals surface area contributed by atoms with Crippen molar-refractivity contribution >= 4 is 28.0 Å². The molecular formula is C18H36OS2. The quantitative estimate of drug-likeness (QED) is 0.304. The third kappa shape index (κ3) is 15.1. The van der Waals surface area contributed by atoms with Gasteiger partial charge in [0.05, 0.1) is 0 Å². The van der Waals surface area contributed by atoms with Crippen molar-refractivity contribution in [3.63, 3.8) is 0 Å². The zero-order valence-electron chi connectivity index (χ0n) is 14.5. The lowest BCUT2D eigenvalue weighted by Crippen LogP contribution is -2.05. The Balaban J connectivity index is 3.66. The number of unbranched alkanes of at least 4 members (excludes halogenated alkanes) is 7. The first-order chi connectivity index (χ1) is 10.2. The highest BCUT2D eigenvalue weighted by molar-refractivity contribution is 8.38. The number of rotatable bonds is 14.